The maximum atomic E-state index is 5.81. The standard InChI is InChI=1S/C15H21BrN2OS/c16-12-5-3-6-13(11-12)18-15(20)17-9-4-10-19-14-7-1-2-8-14/h3,5-6,11,14H,1-2,4,7-10H2,(H2,17,18,20). The van der Waals surface area contributed by atoms with Crippen LogP contribution in [0.1, 0.15) is 32.1 Å². The number of thiocarbonyl (C=S) groups is 1. The normalized spacial score (nSPS) is 15.2. The molecule has 0 aromatic heterocycles. The van der Waals surface area contributed by atoms with Crippen LogP contribution in [0.4, 0.5) is 5.69 Å². The Bertz CT molecular complexity index is 436. The van der Waals surface area contributed by atoms with Gasteiger partial charge in [0.25, 0.3) is 0 Å². The SMILES string of the molecule is S=C(NCCCOC1CCCC1)Nc1cccc(Br)c1. The second-order valence-electron chi connectivity index (χ2n) is 5.02. The predicted molar refractivity (Wildman–Crippen MR) is 91.2 cm³/mol. The third kappa shape index (κ3) is 5.77. The highest BCUT2D eigenvalue weighted by Crippen LogP contribution is 2.20. The fraction of sp³-hybridized carbons (Fsp3) is 0.533. The molecule has 1 aromatic rings. The van der Waals surface area contributed by atoms with Gasteiger partial charge in [0.1, 0.15) is 0 Å². The Morgan fingerprint density at radius 1 is 1.35 bits per heavy atom. The fourth-order valence-corrected chi connectivity index (χ4v) is 2.94. The third-order valence-electron chi connectivity index (χ3n) is 3.34. The van der Waals surface area contributed by atoms with Gasteiger partial charge in [-0.1, -0.05) is 34.8 Å². The number of halogens is 1. The molecule has 1 saturated carbocycles. The number of nitrogens with one attached hydrogen (secondary N) is 2. The molecule has 0 amide bonds. The first-order valence-corrected chi connectivity index (χ1v) is 8.36. The minimum absolute atomic E-state index is 0.502. The van der Waals surface area contributed by atoms with Crippen LogP contribution >= 0.6 is 28.1 Å². The molecule has 0 saturated heterocycles. The van der Waals surface area contributed by atoms with E-state index in [0.29, 0.717) is 11.2 Å². The zero-order chi connectivity index (χ0) is 14.2. The molecule has 0 heterocycles. The van der Waals surface area contributed by atoms with Gasteiger partial charge in [-0.05, 0) is 49.7 Å². The summed E-state index contributed by atoms with van der Waals surface area (Å²) in [5, 5.41) is 7.02. The van der Waals surface area contributed by atoms with Crippen LogP contribution in [-0.2, 0) is 4.74 Å². The Morgan fingerprint density at radius 2 is 2.15 bits per heavy atom. The lowest BCUT2D eigenvalue weighted by Gasteiger charge is -2.13. The average Bonchev–Trinajstić information content (AvgIpc) is 2.91. The second kappa shape index (κ2) is 8.60. The van der Waals surface area contributed by atoms with E-state index < -0.39 is 0 Å². The van der Waals surface area contributed by atoms with Crippen LogP contribution in [0.2, 0.25) is 0 Å². The van der Waals surface area contributed by atoms with E-state index in [0.717, 1.165) is 29.7 Å². The van der Waals surface area contributed by atoms with Crippen molar-refractivity contribution in [3.63, 3.8) is 0 Å². The van der Waals surface area contributed by atoms with E-state index in [9.17, 15) is 0 Å². The van der Waals surface area contributed by atoms with Gasteiger partial charge in [-0.2, -0.15) is 0 Å². The van der Waals surface area contributed by atoms with E-state index >= 15 is 0 Å². The van der Waals surface area contributed by atoms with Gasteiger partial charge in [0, 0.05) is 23.3 Å². The van der Waals surface area contributed by atoms with Crippen molar-refractivity contribution in [3.8, 4) is 0 Å². The van der Waals surface area contributed by atoms with Gasteiger partial charge in [-0.15, -0.1) is 0 Å². The molecule has 1 aromatic carbocycles. The van der Waals surface area contributed by atoms with Crippen LogP contribution in [0.15, 0.2) is 28.7 Å². The zero-order valence-corrected chi connectivity index (χ0v) is 13.9. The van der Waals surface area contributed by atoms with Gasteiger partial charge >= 0.3 is 0 Å². The first-order valence-electron chi connectivity index (χ1n) is 7.16. The number of anilines is 1. The minimum Gasteiger partial charge on any atom is -0.378 e. The van der Waals surface area contributed by atoms with E-state index in [1.54, 1.807) is 0 Å². The molecular weight excluding hydrogens is 336 g/mol. The van der Waals surface area contributed by atoms with Crippen molar-refractivity contribution in [1.29, 1.82) is 0 Å². The average molecular weight is 357 g/mol. The first-order chi connectivity index (χ1) is 9.74. The summed E-state index contributed by atoms with van der Waals surface area (Å²) in [6.45, 7) is 1.66. The molecule has 0 unspecified atom stereocenters. The molecule has 1 fully saturated rings. The number of rotatable bonds is 6. The van der Waals surface area contributed by atoms with Gasteiger partial charge in [0.2, 0.25) is 0 Å². The molecule has 1 aliphatic carbocycles. The summed E-state index contributed by atoms with van der Waals surface area (Å²) in [7, 11) is 0. The highest BCUT2D eigenvalue weighted by molar-refractivity contribution is 9.10. The molecule has 5 heteroatoms. The van der Waals surface area contributed by atoms with E-state index in [1.807, 2.05) is 24.3 Å². The topological polar surface area (TPSA) is 33.3 Å². The molecule has 0 atom stereocenters. The van der Waals surface area contributed by atoms with Crippen molar-refractivity contribution in [2.45, 2.75) is 38.2 Å². The summed E-state index contributed by atoms with van der Waals surface area (Å²) in [5.74, 6) is 0. The van der Waals surface area contributed by atoms with E-state index in [1.165, 1.54) is 25.7 Å². The summed E-state index contributed by atoms with van der Waals surface area (Å²) < 4.78 is 6.85. The number of hydrogen-bond donors (Lipinski definition) is 2. The summed E-state index contributed by atoms with van der Waals surface area (Å²) in [6.07, 6.45) is 6.60. The lowest BCUT2D eigenvalue weighted by molar-refractivity contribution is 0.0574. The van der Waals surface area contributed by atoms with E-state index in [-0.39, 0.29) is 0 Å². The Hall–Kier alpha value is -0.650. The third-order valence-corrected chi connectivity index (χ3v) is 4.08. The van der Waals surface area contributed by atoms with Crippen LogP contribution in [0.3, 0.4) is 0 Å². The summed E-state index contributed by atoms with van der Waals surface area (Å²) >= 11 is 8.70. The van der Waals surface area contributed by atoms with Crippen molar-refractivity contribution in [3.05, 3.63) is 28.7 Å². The molecule has 0 spiro atoms. The maximum absolute atomic E-state index is 5.81. The van der Waals surface area contributed by atoms with Gasteiger partial charge in [-0.3, -0.25) is 0 Å². The highest BCUT2D eigenvalue weighted by atomic mass is 79.9. The monoisotopic (exact) mass is 356 g/mol. The van der Waals surface area contributed by atoms with Gasteiger partial charge in [-0.25, -0.2) is 0 Å². The molecular formula is C15H21BrN2OS. The van der Waals surface area contributed by atoms with Gasteiger partial charge < -0.3 is 15.4 Å². The minimum atomic E-state index is 0.502. The Morgan fingerprint density at radius 3 is 2.90 bits per heavy atom. The molecule has 1 aliphatic rings. The fourth-order valence-electron chi connectivity index (χ4n) is 2.32. The maximum Gasteiger partial charge on any atom is 0.170 e. The molecule has 20 heavy (non-hydrogen) atoms. The van der Waals surface area contributed by atoms with E-state index in [4.69, 9.17) is 17.0 Å². The molecule has 0 aliphatic heterocycles. The molecule has 110 valence electrons. The van der Waals surface area contributed by atoms with Crippen molar-refractivity contribution >= 4 is 38.9 Å². The second-order valence-corrected chi connectivity index (χ2v) is 6.35. The molecule has 0 bridgehead atoms. The number of hydrogen-bond acceptors (Lipinski definition) is 2. The van der Waals surface area contributed by atoms with Crippen LogP contribution in [0.5, 0.6) is 0 Å². The van der Waals surface area contributed by atoms with Crippen LogP contribution in [0.25, 0.3) is 0 Å². The summed E-state index contributed by atoms with van der Waals surface area (Å²) in [5.41, 5.74) is 0.985. The largest absolute Gasteiger partial charge is 0.378 e. The van der Waals surface area contributed by atoms with Crippen molar-refractivity contribution < 1.29 is 4.74 Å². The van der Waals surface area contributed by atoms with Gasteiger partial charge in [0.05, 0.1) is 6.10 Å². The van der Waals surface area contributed by atoms with E-state index in [2.05, 4.69) is 26.6 Å². The highest BCUT2D eigenvalue weighted by Gasteiger charge is 2.14. The Kier molecular flexibility index (Phi) is 6.76. The van der Waals surface area contributed by atoms with Crippen LogP contribution in [-0.4, -0.2) is 24.4 Å². The summed E-state index contributed by atoms with van der Waals surface area (Å²) in [4.78, 5) is 0. The number of benzene rings is 1. The first kappa shape index (κ1) is 15.7. The summed E-state index contributed by atoms with van der Waals surface area (Å²) in [6, 6.07) is 7.95. The zero-order valence-electron chi connectivity index (χ0n) is 11.5. The quantitative estimate of drug-likeness (QED) is 0.594. The molecule has 3 nitrogen and oxygen atoms in total. The predicted octanol–water partition coefficient (Wildman–Crippen LogP) is 4.08. The smallest absolute Gasteiger partial charge is 0.170 e. The Balaban J connectivity index is 1.55. The van der Waals surface area contributed by atoms with Crippen molar-refractivity contribution in [1.82, 2.24) is 5.32 Å². The van der Waals surface area contributed by atoms with Crippen molar-refractivity contribution in [2.24, 2.45) is 0 Å². The van der Waals surface area contributed by atoms with Crippen LogP contribution < -0.4 is 10.6 Å². The molecule has 2 rings (SSSR count). The molecule has 0 radical (unpaired) electrons. The lowest BCUT2D eigenvalue weighted by Crippen LogP contribution is -2.30. The lowest BCUT2D eigenvalue weighted by atomic mass is 10.3. The van der Waals surface area contributed by atoms with Gasteiger partial charge in [0.15, 0.2) is 5.11 Å². The number of ether oxygens (including phenoxy) is 1. The van der Waals surface area contributed by atoms with Crippen LogP contribution in [0, 0.1) is 0 Å². The molecule has 2 N–H and O–H groups in total. The Labute approximate surface area is 134 Å². The van der Waals surface area contributed by atoms with Crippen molar-refractivity contribution in [2.75, 3.05) is 18.5 Å².